The van der Waals surface area contributed by atoms with Crippen LogP contribution in [0, 0.1) is 0 Å². The highest BCUT2D eigenvalue weighted by atomic mass is 32.2. The number of hydrogen-bond donors (Lipinski definition) is 2. The Hall–Kier alpha value is -1.83. The zero-order chi connectivity index (χ0) is 12.3. The average Bonchev–Trinajstić information content (AvgIpc) is 2.14. The molecule has 0 spiro atoms. The van der Waals surface area contributed by atoms with Crippen molar-refractivity contribution in [1.82, 2.24) is 4.98 Å². The van der Waals surface area contributed by atoms with Crippen LogP contribution in [0.3, 0.4) is 0 Å². The van der Waals surface area contributed by atoms with E-state index in [0.29, 0.717) is 0 Å². The van der Waals surface area contributed by atoms with E-state index in [1.54, 1.807) is 0 Å². The normalized spacial score (nSPS) is 10.9. The smallest absolute Gasteiger partial charge is 0.409 e. The Kier molecular flexibility index (Phi) is 3.33. The predicted octanol–water partition coefficient (Wildman–Crippen LogP) is 0.567. The minimum absolute atomic E-state index is 0.209. The van der Waals surface area contributed by atoms with Crippen molar-refractivity contribution in [2.75, 3.05) is 22.9 Å². The fourth-order valence-electron chi connectivity index (χ4n) is 0.983. The summed E-state index contributed by atoms with van der Waals surface area (Å²) >= 11 is 0. The van der Waals surface area contributed by atoms with E-state index >= 15 is 0 Å². The minimum atomic E-state index is -3.38. The summed E-state index contributed by atoms with van der Waals surface area (Å²) in [5.41, 5.74) is 0.495. The van der Waals surface area contributed by atoms with Crippen LogP contribution >= 0.6 is 0 Å². The molecule has 88 valence electrons. The third kappa shape index (κ3) is 3.09. The van der Waals surface area contributed by atoms with Crippen LogP contribution in [0.4, 0.5) is 16.2 Å². The third-order valence-corrected chi connectivity index (χ3v) is 3.04. The lowest BCUT2D eigenvalue weighted by Crippen LogP contribution is -2.25. The standard InChI is InChI=1S/C8H11N3O4S/c1-11(16(2,14)15)7-3-6(4-9-5-7)10-8(12)13/h3-5,10H,1-2H3,(H,12,13). The van der Waals surface area contributed by atoms with Crippen molar-refractivity contribution in [3.63, 3.8) is 0 Å². The molecule has 0 fully saturated rings. The van der Waals surface area contributed by atoms with Gasteiger partial charge < -0.3 is 5.11 Å². The van der Waals surface area contributed by atoms with Crippen LogP contribution < -0.4 is 9.62 Å². The molecule has 1 heterocycles. The predicted molar refractivity (Wildman–Crippen MR) is 59.1 cm³/mol. The summed E-state index contributed by atoms with van der Waals surface area (Å²) in [4.78, 5) is 14.1. The Labute approximate surface area is 92.8 Å². The first-order valence-electron chi connectivity index (χ1n) is 4.19. The number of aromatic nitrogens is 1. The van der Waals surface area contributed by atoms with Gasteiger partial charge in [0.2, 0.25) is 10.0 Å². The number of anilines is 2. The summed E-state index contributed by atoms with van der Waals surface area (Å²) in [6.45, 7) is 0. The number of carbonyl (C=O) groups is 1. The summed E-state index contributed by atoms with van der Waals surface area (Å²) in [5.74, 6) is 0. The molecule has 1 amide bonds. The summed E-state index contributed by atoms with van der Waals surface area (Å²) in [5, 5.41) is 10.6. The number of rotatable bonds is 3. The number of amides is 1. The molecule has 0 aliphatic carbocycles. The molecule has 0 saturated carbocycles. The minimum Gasteiger partial charge on any atom is -0.465 e. The van der Waals surface area contributed by atoms with Gasteiger partial charge in [-0.2, -0.15) is 0 Å². The molecule has 0 radical (unpaired) electrons. The molecule has 1 aromatic rings. The van der Waals surface area contributed by atoms with Gasteiger partial charge in [0.15, 0.2) is 0 Å². The zero-order valence-electron chi connectivity index (χ0n) is 8.71. The Morgan fingerprint density at radius 3 is 2.62 bits per heavy atom. The van der Waals surface area contributed by atoms with E-state index in [1.165, 1.54) is 25.5 Å². The van der Waals surface area contributed by atoms with Gasteiger partial charge in [0.25, 0.3) is 0 Å². The zero-order valence-corrected chi connectivity index (χ0v) is 9.52. The molecule has 7 nitrogen and oxygen atoms in total. The molecule has 0 unspecified atom stereocenters. The maximum absolute atomic E-state index is 11.2. The van der Waals surface area contributed by atoms with Crippen LogP contribution in [-0.2, 0) is 10.0 Å². The van der Waals surface area contributed by atoms with E-state index in [4.69, 9.17) is 5.11 Å². The van der Waals surface area contributed by atoms with Gasteiger partial charge in [-0.25, -0.2) is 13.2 Å². The molecule has 1 rings (SSSR count). The lowest BCUT2D eigenvalue weighted by Gasteiger charge is -2.16. The van der Waals surface area contributed by atoms with Crippen molar-refractivity contribution < 1.29 is 18.3 Å². The van der Waals surface area contributed by atoms with Crippen molar-refractivity contribution in [2.24, 2.45) is 0 Å². The summed E-state index contributed by atoms with van der Waals surface area (Å²) in [6, 6.07) is 1.38. The summed E-state index contributed by atoms with van der Waals surface area (Å²) in [6.07, 6.45) is 2.42. The second kappa shape index (κ2) is 4.35. The fraction of sp³-hybridized carbons (Fsp3) is 0.250. The summed E-state index contributed by atoms with van der Waals surface area (Å²) in [7, 11) is -2.02. The maximum atomic E-state index is 11.2. The van der Waals surface area contributed by atoms with Crippen LogP contribution in [-0.4, -0.2) is 37.9 Å². The molecule has 16 heavy (non-hydrogen) atoms. The second-order valence-electron chi connectivity index (χ2n) is 3.09. The van der Waals surface area contributed by atoms with E-state index in [-0.39, 0.29) is 11.4 Å². The van der Waals surface area contributed by atoms with E-state index in [1.807, 2.05) is 0 Å². The number of sulfonamides is 1. The Morgan fingerprint density at radius 1 is 1.50 bits per heavy atom. The van der Waals surface area contributed by atoms with E-state index in [9.17, 15) is 13.2 Å². The van der Waals surface area contributed by atoms with Gasteiger partial charge in [0.1, 0.15) is 0 Å². The highest BCUT2D eigenvalue weighted by Crippen LogP contribution is 2.18. The SMILES string of the molecule is CN(c1cncc(NC(=O)O)c1)S(C)(=O)=O. The van der Waals surface area contributed by atoms with Crippen molar-refractivity contribution in [2.45, 2.75) is 0 Å². The van der Waals surface area contributed by atoms with Crippen molar-refractivity contribution in [1.29, 1.82) is 0 Å². The lowest BCUT2D eigenvalue weighted by molar-refractivity contribution is 0.209. The number of hydrogen-bond acceptors (Lipinski definition) is 4. The van der Waals surface area contributed by atoms with Gasteiger partial charge in [0, 0.05) is 7.05 Å². The number of carboxylic acid groups (broad SMARTS) is 1. The third-order valence-electron chi connectivity index (χ3n) is 1.84. The molecular formula is C8H11N3O4S. The van der Waals surface area contributed by atoms with E-state index in [0.717, 1.165) is 10.6 Å². The lowest BCUT2D eigenvalue weighted by atomic mass is 10.4. The molecule has 0 saturated heterocycles. The topological polar surface area (TPSA) is 99.6 Å². The Morgan fingerprint density at radius 2 is 2.12 bits per heavy atom. The van der Waals surface area contributed by atoms with Gasteiger partial charge in [0.05, 0.1) is 30.0 Å². The number of pyridine rings is 1. The van der Waals surface area contributed by atoms with Gasteiger partial charge in [-0.05, 0) is 6.07 Å². The van der Waals surface area contributed by atoms with Gasteiger partial charge in [-0.15, -0.1) is 0 Å². The molecule has 2 N–H and O–H groups in total. The molecule has 0 aromatic carbocycles. The van der Waals surface area contributed by atoms with Gasteiger partial charge in [-0.1, -0.05) is 0 Å². The van der Waals surface area contributed by atoms with Gasteiger partial charge in [-0.3, -0.25) is 14.6 Å². The van der Waals surface area contributed by atoms with E-state index < -0.39 is 16.1 Å². The Bertz CT molecular complexity index is 500. The van der Waals surface area contributed by atoms with E-state index in [2.05, 4.69) is 10.3 Å². The molecule has 8 heteroatoms. The summed E-state index contributed by atoms with van der Waals surface area (Å²) < 4.78 is 23.5. The average molecular weight is 245 g/mol. The highest BCUT2D eigenvalue weighted by Gasteiger charge is 2.12. The van der Waals surface area contributed by atoms with Crippen LogP contribution in [0.1, 0.15) is 0 Å². The maximum Gasteiger partial charge on any atom is 0.409 e. The fourth-order valence-corrected chi connectivity index (χ4v) is 1.47. The number of nitrogens with one attached hydrogen (secondary N) is 1. The van der Waals surface area contributed by atoms with Crippen LogP contribution in [0.2, 0.25) is 0 Å². The Balaban J connectivity index is 3.03. The van der Waals surface area contributed by atoms with Crippen molar-refractivity contribution >= 4 is 27.5 Å². The van der Waals surface area contributed by atoms with Gasteiger partial charge >= 0.3 is 6.09 Å². The van der Waals surface area contributed by atoms with Crippen molar-refractivity contribution in [3.05, 3.63) is 18.5 Å². The van der Waals surface area contributed by atoms with Crippen LogP contribution in [0.25, 0.3) is 0 Å². The molecular weight excluding hydrogens is 234 g/mol. The van der Waals surface area contributed by atoms with Crippen LogP contribution in [0.5, 0.6) is 0 Å². The highest BCUT2D eigenvalue weighted by molar-refractivity contribution is 7.92. The first-order chi connectivity index (χ1) is 7.30. The molecule has 1 aromatic heterocycles. The molecule has 0 bridgehead atoms. The second-order valence-corrected chi connectivity index (χ2v) is 5.11. The largest absolute Gasteiger partial charge is 0.465 e. The molecule has 0 aliphatic heterocycles. The molecule has 0 atom stereocenters. The first-order valence-corrected chi connectivity index (χ1v) is 6.04. The van der Waals surface area contributed by atoms with Crippen molar-refractivity contribution in [3.8, 4) is 0 Å². The first kappa shape index (κ1) is 12.2. The quantitative estimate of drug-likeness (QED) is 0.810. The van der Waals surface area contributed by atoms with Crippen LogP contribution in [0.15, 0.2) is 18.5 Å². The molecule has 0 aliphatic rings. The monoisotopic (exact) mass is 245 g/mol. The number of nitrogens with zero attached hydrogens (tertiary/aromatic N) is 2.